The fraction of sp³-hybridized carbons (Fsp3) is 0.529. The zero-order chi connectivity index (χ0) is 15.7. The number of rotatable bonds is 8. The summed E-state index contributed by atoms with van der Waals surface area (Å²) < 4.78 is 0. The quantitative estimate of drug-likeness (QED) is 0.717. The molecule has 4 nitrogen and oxygen atoms in total. The Morgan fingerprint density at radius 3 is 2.48 bits per heavy atom. The maximum atomic E-state index is 12.1. The molecule has 1 aromatic carbocycles. The summed E-state index contributed by atoms with van der Waals surface area (Å²) in [6.45, 7) is 5.96. The van der Waals surface area contributed by atoms with Crippen LogP contribution in [-0.4, -0.2) is 17.9 Å². The van der Waals surface area contributed by atoms with E-state index in [2.05, 4.69) is 17.6 Å². The van der Waals surface area contributed by atoms with E-state index in [0.29, 0.717) is 17.7 Å². The average molecular weight is 290 g/mol. The molecule has 0 bridgehead atoms. The maximum absolute atomic E-state index is 12.1. The lowest BCUT2D eigenvalue weighted by atomic mass is 10.1. The lowest BCUT2D eigenvalue weighted by Gasteiger charge is -2.13. The van der Waals surface area contributed by atoms with Gasteiger partial charge in [-0.25, -0.2) is 0 Å². The number of benzene rings is 1. The second kappa shape index (κ2) is 9.16. The number of hydrogen-bond donors (Lipinski definition) is 2. The minimum atomic E-state index is -0.160. The van der Waals surface area contributed by atoms with Crippen LogP contribution in [0.1, 0.15) is 63.2 Å². The number of nitrogens with one attached hydrogen (secondary N) is 2. The van der Waals surface area contributed by atoms with Crippen LogP contribution in [0.25, 0.3) is 0 Å². The van der Waals surface area contributed by atoms with Crippen molar-refractivity contribution in [3.05, 3.63) is 29.8 Å². The molecule has 0 aliphatic rings. The van der Waals surface area contributed by atoms with Crippen LogP contribution in [-0.2, 0) is 4.79 Å². The highest BCUT2D eigenvalue weighted by Gasteiger charge is 2.13. The second-order valence-electron chi connectivity index (χ2n) is 5.53. The molecule has 2 amide bonds. The van der Waals surface area contributed by atoms with E-state index in [1.54, 1.807) is 18.2 Å². The molecule has 1 aromatic rings. The van der Waals surface area contributed by atoms with Crippen molar-refractivity contribution in [2.45, 2.75) is 58.9 Å². The summed E-state index contributed by atoms with van der Waals surface area (Å²) in [5.74, 6) is -0.192. The van der Waals surface area contributed by atoms with Gasteiger partial charge in [0.25, 0.3) is 5.91 Å². The van der Waals surface area contributed by atoms with Crippen molar-refractivity contribution in [1.82, 2.24) is 5.32 Å². The standard InChI is InChI=1S/C17H26N2O2/c1-4-5-6-7-12-16(20)19-15-11-9-8-10-14(15)17(21)18-13(2)3/h8-11,13H,4-7,12H2,1-3H3,(H,18,21)(H,19,20). The van der Waals surface area contributed by atoms with Gasteiger partial charge >= 0.3 is 0 Å². The van der Waals surface area contributed by atoms with Crippen molar-refractivity contribution in [1.29, 1.82) is 0 Å². The Kier molecular flexibility index (Phi) is 7.51. The molecule has 4 heteroatoms. The maximum Gasteiger partial charge on any atom is 0.253 e. The van der Waals surface area contributed by atoms with Crippen LogP contribution in [0.15, 0.2) is 24.3 Å². The fourth-order valence-electron chi connectivity index (χ4n) is 2.06. The number of unbranched alkanes of at least 4 members (excludes halogenated alkanes) is 3. The van der Waals surface area contributed by atoms with Crippen LogP contribution in [0.3, 0.4) is 0 Å². The molecule has 21 heavy (non-hydrogen) atoms. The number of para-hydroxylation sites is 1. The van der Waals surface area contributed by atoms with Crippen LogP contribution >= 0.6 is 0 Å². The molecule has 116 valence electrons. The zero-order valence-corrected chi connectivity index (χ0v) is 13.2. The Bertz CT molecular complexity index is 470. The Labute approximate surface area is 127 Å². The molecule has 0 spiro atoms. The topological polar surface area (TPSA) is 58.2 Å². The van der Waals surface area contributed by atoms with Crippen molar-refractivity contribution >= 4 is 17.5 Å². The third-order valence-electron chi connectivity index (χ3n) is 3.12. The fourth-order valence-corrected chi connectivity index (χ4v) is 2.06. The molecule has 0 heterocycles. The number of anilines is 1. The monoisotopic (exact) mass is 290 g/mol. The highest BCUT2D eigenvalue weighted by atomic mass is 16.2. The molecule has 1 rings (SSSR count). The lowest BCUT2D eigenvalue weighted by molar-refractivity contribution is -0.116. The van der Waals surface area contributed by atoms with Gasteiger partial charge in [0, 0.05) is 12.5 Å². The summed E-state index contributed by atoms with van der Waals surface area (Å²) in [6.07, 6.45) is 4.76. The Morgan fingerprint density at radius 1 is 1.10 bits per heavy atom. The first kappa shape index (κ1) is 17.2. The van der Waals surface area contributed by atoms with Crippen LogP contribution < -0.4 is 10.6 Å². The smallest absolute Gasteiger partial charge is 0.253 e. The van der Waals surface area contributed by atoms with Gasteiger partial charge < -0.3 is 10.6 Å². The summed E-state index contributed by atoms with van der Waals surface area (Å²) in [6, 6.07) is 7.17. The molecule has 0 unspecified atom stereocenters. The molecular formula is C17H26N2O2. The van der Waals surface area contributed by atoms with Crippen LogP contribution in [0, 0.1) is 0 Å². The third kappa shape index (κ3) is 6.43. The number of amides is 2. The first-order valence-electron chi connectivity index (χ1n) is 7.74. The van der Waals surface area contributed by atoms with Gasteiger partial charge in [-0.2, -0.15) is 0 Å². The Morgan fingerprint density at radius 2 is 1.81 bits per heavy atom. The van der Waals surface area contributed by atoms with Gasteiger partial charge in [0.05, 0.1) is 11.3 Å². The zero-order valence-electron chi connectivity index (χ0n) is 13.2. The highest BCUT2D eigenvalue weighted by Crippen LogP contribution is 2.16. The Balaban J connectivity index is 2.62. The summed E-state index contributed by atoms with van der Waals surface area (Å²) in [5.41, 5.74) is 1.09. The minimum absolute atomic E-state index is 0.0316. The van der Waals surface area contributed by atoms with Gasteiger partial charge in [-0.1, -0.05) is 38.3 Å². The molecular weight excluding hydrogens is 264 g/mol. The van der Waals surface area contributed by atoms with E-state index in [-0.39, 0.29) is 17.9 Å². The van der Waals surface area contributed by atoms with Gasteiger partial charge in [-0.05, 0) is 32.4 Å². The SMILES string of the molecule is CCCCCCC(=O)Nc1ccccc1C(=O)NC(C)C. The van der Waals surface area contributed by atoms with E-state index in [9.17, 15) is 9.59 Å². The van der Waals surface area contributed by atoms with Gasteiger partial charge in [-0.15, -0.1) is 0 Å². The third-order valence-corrected chi connectivity index (χ3v) is 3.12. The van der Waals surface area contributed by atoms with E-state index in [1.807, 2.05) is 19.9 Å². The van der Waals surface area contributed by atoms with Crippen molar-refractivity contribution in [2.24, 2.45) is 0 Å². The highest BCUT2D eigenvalue weighted by molar-refractivity contribution is 6.03. The molecule has 0 aliphatic carbocycles. The van der Waals surface area contributed by atoms with Crippen LogP contribution in [0.2, 0.25) is 0 Å². The largest absolute Gasteiger partial charge is 0.350 e. The number of carbonyl (C=O) groups excluding carboxylic acids is 2. The lowest BCUT2D eigenvalue weighted by Crippen LogP contribution is -2.31. The average Bonchev–Trinajstić information content (AvgIpc) is 2.43. The normalized spacial score (nSPS) is 10.5. The van der Waals surface area contributed by atoms with Crippen LogP contribution in [0.5, 0.6) is 0 Å². The van der Waals surface area contributed by atoms with E-state index < -0.39 is 0 Å². The molecule has 0 aliphatic heterocycles. The van der Waals surface area contributed by atoms with Gasteiger partial charge in [0.15, 0.2) is 0 Å². The molecule has 0 fully saturated rings. The van der Waals surface area contributed by atoms with E-state index in [0.717, 1.165) is 25.7 Å². The number of hydrogen-bond acceptors (Lipinski definition) is 2. The molecule has 0 saturated heterocycles. The number of carbonyl (C=O) groups is 2. The summed E-state index contributed by atoms with van der Waals surface area (Å²) in [7, 11) is 0. The summed E-state index contributed by atoms with van der Waals surface area (Å²) in [4.78, 5) is 24.0. The summed E-state index contributed by atoms with van der Waals surface area (Å²) >= 11 is 0. The predicted molar refractivity (Wildman–Crippen MR) is 86.4 cm³/mol. The molecule has 0 aromatic heterocycles. The van der Waals surface area contributed by atoms with E-state index in [1.165, 1.54) is 0 Å². The first-order valence-corrected chi connectivity index (χ1v) is 7.74. The van der Waals surface area contributed by atoms with Crippen molar-refractivity contribution < 1.29 is 9.59 Å². The van der Waals surface area contributed by atoms with E-state index in [4.69, 9.17) is 0 Å². The van der Waals surface area contributed by atoms with Gasteiger partial charge in [0.1, 0.15) is 0 Å². The first-order chi connectivity index (χ1) is 10.0. The van der Waals surface area contributed by atoms with Gasteiger partial charge in [-0.3, -0.25) is 9.59 Å². The summed E-state index contributed by atoms with van der Waals surface area (Å²) in [5, 5.41) is 5.68. The van der Waals surface area contributed by atoms with E-state index >= 15 is 0 Å². The van der Waals surface area contributed by atoms with Crippen molar-refractivity contribution in [2.75, 3.05) is 5.32 Å². The molecule has 0 radical (unpaired) electrons. The van der Waals surface area contributed by atoms with Gasteiger partial charge in [0.2, 0.25) is 5.91 Å². The van der Waals surface area contributed by atoms with Crippen molar-refractivity contribution in [3.63, 3.8) is 0 Å². The molecule has 2 N–H and O–H groups in total. The van der Waals surface area contributed by atoms with Crippen LogP contribution in [0.4, 0.5) is 5.69 Å². The Hall–Kier alpha value is -1.84. The van der Waals surface area contributed by atoms with Crippen molar-refractivity contribution in [3.8, 4) is 0 Å². The molecule has 0 saturated carbocycles. The predicted octanol–water partition coefficient (Wildman–Crippen LogP) is 3.73. The molecule has 0 atom stereocenters. The second-order valence-corrected chi connectivity index (χ2v) is 5.53. The minimum Gasteiger partial charge on any atom is -0.350 e.